The van der Waals surface area contributed by atoms with Crippen molar-refractivity contribution in [3.05, 3.63) is 0 Å². The molecule has 0 aromatic heterocycles. The quantitative estimate of drug-likeness (QED) is 0.630. The summed E-state index contributed by atoms with van der Waals surface area (Å²) in [6.07, 6.45) is 2.61. The molecule has 72 valence electrons. The van der Waals surface area contributed by atoms with E-state index >= 15 is 0 Å². The summed E-state index contributed by atoms with van der Waals surface area (Å²) in [6.45, 7) is 5.73. The van der Waals surface area contributed by atoms with E-state index < -0.39 is 5.60 Å². The van der Waals surface area contributed by atoms with Gasteiger partial charge >= 0.3 is 0 Å². The maximum Gasteiger partial charge on any atom is 0.0644 e. The van der Waals surface area contributed by atoms with Gasteiger partial charge < -0.3 is 10.2 Å². The Balaban J connectivity index is 2.57. The van der Waals surface area contributed by atoms with Crippen LogP contribution in [0.25, 0.3) is 0 Å². The summed E-state index contributed by atoms with van der Waals surface area (Å²) in [5.41, 5.74) is -0.723. The molecule has 0 bridgehead atoms. The fraction of sp³-hybridized carbons (Fsp3) is 1.00. The lowest BCUT2D eigenvalue weighted by Crippen LogP contribution is -2.42. The van der Waals surface area contributed by atoms with E-state index in [0.29, 0.717) is 5.92 Å². The smallest absolute Gasteiger partial charge is 0.0644 e. The first-order valence-electron chi connectivity index (χ1n) is 4.81. The molecule has 1 saturated carbocycles. The predicted molar refractivity (Wildman–Crippen MR) is 48.8 cm³/mol. The summed E-state index contributed by atoms with van der Waals surface area (Å²) in [5, 5.41) is 19.5. The number of aliphatic hydroxyl groups excluding tert-OH is 1. The van der Waals surface area contributed by atoms with Crippen LogP contribution in [0.2, 0.25) is 0 Å². The lowest BCUT2D eigenvalue weighted by molar-refractivity contribution is -0.0730. The van der Waals surface area contributed by atoms with Crippen molar-refractivity contribution in [3.8, 4) is 0 Å². The highest BCUT2D eigenvalue weighted by Gasteiger charge is 2.36. The molecule has 0 amide bonds. The molecule has 1 aliphatic carbocycles. The van der Waals surface area contributed by atoms with Crippen molar-refractivity contribution >= 4 is 0 Å². The largest absolute Gasteiger partial charge is 0.393 e. The minimum Gasteiger partial charge on any atom is -0.393 e. The molecule has 2 N–H and O–H groups in total. The third kappa shape index (κ3) is 2.20. The van der Waals surface area contributed by atoms with E-state index in [1.165, 1.54) is 0 Å². The third-order valence-corrected chi connectivity index (χ3v) is 2.99. The van der Waals surface area contributed by atoms with Crippen molar-refractivity contribution in [2.75, 3.05) is 0 Å². The Morgan fingerprint density at radius 3 is 2.25 bits per heavy atom. The lowest BCUT2D eigenvalue weighted by Gasteiger charge is -2.38. The zero-order valence-electron chi connectivity index (χ0n) is 8.25. The Morgan fingerprint density at radius 2 is 1.83 bits per heavy atom. The Morgan fingerprint density at radius 1 is 1.25 bits per heavy atom. The van der Waals surface area contributed by atoms with E-state index in [1.807, 2.05) is 0 Å². The normalized spacial score (nSPS) is 38.2. The van der Waals surface area contributed by atoms with Gasteiger partial charge in [0.25, 0.3) is 0 Å². The molecule has 0 aromatic rings. The minimum absolute atomic E-state index is 0.0636. The van der Waals surface area contributed by atoms with Gasteiger partial charge in [-0.3, -0.25) is 0 Å². The summed E-state index contributed by atoms with van der Waals surface area (Å²) < 4.78 is 0. The number of hydrogen-bond donors (Lipinski definition) is 2. The molecule has 1 rings (SSSR count). The van der Waals surface area contributed by atoms with E-state index in [4.69, 9.17) is 0 Å². The Labute approximate surface area is 74.6 Å². The van der Waals surface area contributed by atoms with Gasteiger partial charge in [0.15, 0.2) is 0 Å². The van der Waals surface area contributed by atoms with Crippen molar-refractivity contribution in [1.82, 2.24) is 0 Å². The number of hydrogen-bond acceptors (Lipinski definition) is 2. The molecular formula is C10H20O2. The van der Waals surface area contributed by atoms with Crippen LogP contribution < -0.4 is 0 Å². The van der Waals surface area contributed by atoms with Crippen molar-refractivity contribution in [2.45, 2.75) is 51.7 Å². The van der Waals surface area contributed by atoms with E-state index in [0.717, 1.165) is 19.3 Å². The second kappa shape index (κ2) is 3.35. The van der Waals surface area contributed by atoms with Crippen LogP contribution in [0.5, 0.6) is 0 Å². The molecule has 0 aromatic carbocycles. The molecule has 0 spiro atoms. The third-order valence-electron chi connectivity index (χ3n) is 2.99. The first kappa shape index (κ1) is 10.0. The van der Waals surface area contributed by atoms with Crippen LogP contribution in [0.4, 0.5) is 0 Å². The van der Waals surface area contributed by atoms with Crippen LogP contribution in [-0.2, 0) is 0 Å². The van der Waals surface area contributed by atoms with Crippen molar-refractivity contribution < 1.29 is 10.2 Å². The van der Waals surface area contributed by atoms with Crippen molar-refractivity contribution in [2.24, 2.45) is 11.8 Å². The standard InChI is InChI=1S/C10H20O2/c1-7-4-5-8(9(11)6-7)10(2,3)12/h7-9,11-12H,4-6H2,1-3H3/t7-,8?,9?/m1/s1. The van der Waals surface area contributed by atoms with Crippen LogP contribution in [0.3, 0.4) is 0 Å². The lowest BCUT2D eigenvalue weighted by atomic mass is 9.73. The first-order chi connectivity index (χ1) is 5.41. The molecule has 2 unspecified atom stereocenters. The molecule has 2 heteroatoms. The van der Waals surface area contributed by atoms with Gasteiger partial charge in [0, 0.05) is 5.92 Å². The van der Waals surface area contributed by atoms with Gasteiger partial charge in [-0.25, -0.2) is 0 Å². The zero-order chi connectivity index (χ0) is 9.35. The molecule has 1 fully saturated rings. The molecule has 3 atom stereocenters. The second-order valence-electron chi connectivity index (χ2n) is 4.75. The first-order valence-corrected chi connectivity index (χ1v) is 4.81. The summed E-state index contributed by atoms with van der Waals surface area (Å²) >= 11 is 0. The molecular weight excluding hydrogens is 152 g/mol. The van der Waals surface area contributed by atoms with Gasteiger partial charge in [0.05, 0.1) is 11.7 Å². The van der Waals surface area contributed by atoms with Gasteiger partial charge in [0.2, 0.25) is 0 Å². The zero-order valence-corrected chi connectivity index (χ0v) is 8.25. The SMILES string of the molecule is C[C@@H]1CCC(C(C)(C)O)C(O)C1. The van der Waals surface area contributed by atoms with E-state index in [1.54, 1.807) is 13.8 Å². The second-order valence-corrected chi connectivity index (χ2v) is 4.75. The molecule has 2 nitrogen and oxygen atoms in total. The summed E-state index contributed by atoms with van der Waals surface area (Å²) in [6, 6.07) is 0. The van der Waals surface area contributed by atoms with Crippen LogP contribution in [0.1, 0.15) is 40.0 Å². The summed E-state index contributed by atoms with van der Waals surface area (Å²) in [4.78, 5) is 0. The predicted octanol–water partition coefficient (Wildman–Crippen LogP) is 1.55. The van der Waals surface area contributed by atoms with Gasteiger partial charge in [-0.15, -0.1) is 0 Å². The van der Waals surface area contributed by atoms with E-state index in [2.05, 4.69) is 6.92 Å². The Kier molecular flexibility index (Phi) is 2.79. The molecule has 0 heterocycles. The average molecular weight is 172 g/mol. The van der Waals surface area contributed by atoms with Gasteiger partial charge in [-0.05, 0) is 32.6 Å². The maximum atomic E-state index is 9.74. The van der Waals surface area contributed by atoms with Crippen LogP contribution in [-0.4, -0.2) is 21.9 Å². The van der Waals surface area contributed by atoms with E-state index in [-0.39, 0.29) is 12.0 Å². The van der Waals surface area contributed by atoms with Crippen LogP contribution in [0, 0.1) is 11.8 Å². The van der Waals surface area contributed by atoms with E-state index in [9.17, 15) is 10.2 Å². The van der Waals surface area contributed by atoms with Crippen molar-refractivity contribution in [1.29, 1.82) is 0 Å². The fourth-order valence-corrected chi connectivity index (χ4v) is 2.17. The minimum atomic E-state index is -0.723. The Bertz CT molecular complexity index is 148. The molecule has 12 heavy (non-hydrogen) atoms. The van der Waals surface area contributed by atoms with Gasteiger partial charge in [-0.2, -0.15) is 0 Å². The highest BCUT2D eigenvalue weighted by molar-refractivity contribution is 4.87. The highest BCUT2D eigenvalue weighted by Crippen LogP contribution is 2.35. The Hall–Kier alpha value is -0.0800. The number of rotatable bonds is 1. The van der Waals surface area contributed by atoms with Gasteiger partial charge in [0.1, 0.15) is 0 Å². The maximum absolute atomic E-state index is 9.74. The number of aliphatic hydroxyl groups is 2. The molecule has 0 radical (unpaired) electrons. The van der Waals surface area contributed by atoms with Crippen LogP contribution >= 0.6 is 0 Å². The topological polar surface area (TPSA) is 40.5 Å². The highest BCUT2D eigenvalue weighted by atomic mass is 16.3. The molecule has 0 aliphatic heterocycles. The molecule has 0 saturated heterocycles. The molecule has 1 aliphatic rings. The fourth-order valence-electron chi connectivity index (χ4n) is 2.17. The monoisotopic (exact) mass is 172 g/mol. The van der Waals surface area contributed by atoms with Crippen LogP contribution in [0.15, 0.2) is 0 Å². The average Bonchev–Trinajstić information content (AvgIpc) is 1.83. The summed E-state index contributed by atoms with van der Waals surface area (Å²) in [5.74, 6) is 0.673. The van der Waals surface area contributed by atoms with Gasteiger partial charge in [-0.1, -0.05) is 13.3 Å². The van der Waals surface area contributed by atoms with Crippen molar-refractivity contribution in [3.63, 3.8) is 0 Å². The summed E-state index contributed by atoms with van der Waals surface area (Å²) in [7, 11) is 0.